The summed E-state index contributed by atoms with van der Waals surface area (Å²) in [6, 6.07) is 4.93. The van der Waals surface area contributed by atoms with Crippen LogP contribution in [0.3, 0.4) is 0 Å². The molecule has 6 heteroatoms. The minimum Gasteiger partial charge on any atom is -0.271 e. The summed E-state index contributed by atoms with van der Waals surface area (Å²) in [5.41, 5.74) is -0.270. The molecular formula is C18H16F4N2. The van der Waals surface area contributed by atoms with Crippen LogP contribution in [0.2, 0.25) is 0 Å². The molecule has 0 radical (unpaired) electrons. The van der Waals surface area contributed by atoms with Gasteiger partial charge in [-0.1, -0.05) is 0 Å². The van der Waals surface area contributed by atoms with Gasteiger partial charge in [-0.3, -0.25) is 9.98 Å². The monoisotopic (exact) mass is 336 g/mol. The van der Waals surface area contributed by atoms with Gasteiger partial charge in [0.15, 0.2) is 0 Å². The molecule has 2 aromatic rings. The van der Waals surface area contributed by atoms with E-state index in [0.29, 0.717) is 22.5 Å². The van der Waals surface area contributed by atoms with E-state index in [1.54, 1.807) is 13.0 Å². The minimum absolute atomic E-state index is 0.162. The Hall–Kier alpha value is -2.24. The van der Waals surface area contributed by atoms with Crippen LogP contribution in [0.15, 0.2) is 35.5 Å². The van der Waals surface area contributed by atoms with E-state index in [-0.39, 0.29) is 5.56 Å². The van der Waals surface area contributed by atoms with Crippen LogP contribution in [0.1, 0.15) is 41.8 Å². The molecule has 1 aromatic carbocycles. The van der Waals surface area contributed by atoms with Gasteiger partial charge in [0.1, 0.15) is 18.0 Å². The summed E-state index contributed by atoms with van der Waals surface area (Å²) in [5.74, 6) is -4.04. The van der Waals surface area contributed by atoms with Crippen LogP contribution in [0.5, 0.6) is 0 Å². The normalized spacial score (nSPS) is 18.0. The number of hydrogen-bond acceptors (Lipinski definition) is 2. The van der Waals surface area contributed by atoms with Gasteiger partial charge in [0.2, 0.25) is 0 Å². The third-order valence-electron chi connectivity index (χ3n) is 4.32. The van der Waals surface area contributed by atoms with Crippen molar-refractivity contribution >= 4 is 5.71 Å². The SMILES string of the molecule is Cc1cc(C2=NC(C)(C)C(F)(F)c3cc(F)ccc32)cnc1CF. The zero-order chi connectivity index (χ0) is 17.7. The number of fused-ring (bicyclic) bond motifs is 1. The second-order valence-electron chi connectivity index (χ2n) is 6.40. The Kier molecular flexibility index (Phi) is 3.73. The Morgan fingerprint density at radius 3 is 2.46 bits per heavy atom. The van der Waals surface area contributed by atoms with Crippen LogP contribution >= 0.6 is 0 Å². The molecule has 0 amide bonds. The van der Waals surface area contributed by atoms with Gasteiger partial charge >= 0.3 is 0 Å². The molecule has 0 spiro atoms. The van der Waals surface area contributed by atoms with E-state index in [0.717, 1.165) is 12.1 Å². The van der Waals surface area contributed by atoms with Crippen molar-refractivity contribution in [2.24, 2.45) is 4.99 Å². The van der Waals surface area contributed by atoms with Gasteiger partial charge in [-0.05, 0) is 50.6 Å². The summed E-state index contributed by atoms with van der Waals surface area (Å²) >= 11 is 0. The Morgan fingerprint density at radius 1 is 1.12 bits per heavy atom. The van der Waals surface area contributed by atoms with Crippen molar-refractivity contribution in [3.05, 3.63) is 64.2 Å². The molecule has 0 aliphatic carbocycles. The molecule has 0 saturated heterocycles. The van der Waals surface area contributed by atoms with Crippen molar-refractivity contribution in [2.75, 3.05) is 0 Å². The third kappa shape index (κ3) is 2.41. The van der Waals surface area contributed by atoms with Crippen molar-refractivity contribution in [2.45, 2.75) is 38.9 Å². The van der Waals surface area contributed by atoms with Crippen molar-refractivity contribution in [1.29, 1.82) is 0 Å². The van der Waals surface area contributed by atoms with Crippen LogP contribution in [0, 0.1) is 12.7 Å². The first-order valence-corrected chi connectivity index (χ1v) is 7.47. The number of nitrogens with zero attached hydrogens (tertiary/aromatic N) is 2. The zero-order valence-corrected chi connectivity index (χ0v) is 13.5. The average molecular weight is 336 g/mol. The molecule has 1 aromatic heterocycles. The number of rotatable bonds is 2. The minimum atomic E-state index is -3.31. The Labute approximate surface area is 137 Å². The van der Waals surface area contributed by atoms with Crippen LogP contribution in [0.4, 0.5) is 17.6 Å². The maximum absolute atomic E-state index is 14.7. The number of pyridine rings is 1. The number of benzene rings is 1. The fourth-order valence-electron chi connectivity index (χ4n) is 2.81. The van der Waals surface area contributed by atoms with Crippen molar-refractivity contribution in [3.63, 3.8) is 0 Å². The summed E-state index contributed by atoms with van der Waals surface area (Å²) in [6.07, 6.45) is 1.41. The molecular weight excluding hydrogens is 320 g/mol. The van der Waals surface area contributed by atoms with Crippen LogP contribution < -0.4 is 0 Å². The molecule has 3 rings (SSSR count). The average Bonchev–Trinajstić information content (AvgIpc) is 2.51. The molecule has 2 nitrogen and oxygen atoms in total. The molecule has 0 atom stereocenters. The van der Waals surface area contributed by atoms with E-state index >= 15 is 0 Å². The van der Waals surface area contributed by atoms with E-state index in [9.17, 15) is 17.6 Å². The first-order valence-electron chi connectivity index (χ1n) is 7.47. The van der Waals surface area contributed by atoms with E-state index in [2.05, 4.69) is 9.98 Å². The maximum Gasteiger partial charge on any atom is 0.298 e. The lowest BCUT2D eigenvalue weighted by atomic mass is 9.81. The van der Waals surface area contributed by atoms with Crippen LogP contribution in [-0.4, -0.2) is 16.2 Å². The van der Waals surface area contributed by atoms with Gasteiger partial charge < -0.3 is 0 Å². The zero-order valence-electron chi connectivity index (χ0n) is 13.5. The Bertz CT molecular complexity index is 841. The van der Waals surface area contributed by atoms with Crippen molar-refractivity contribution < 1.29 is 17.6 Å². The fourth-order valence-corrected chi connectivity index (χ4v) is 2.81. The summed E-state index contributed by atoms with van der Waals surface area (Å²) < 4.78 is 55.8. The molecule has 0 saturated carbocycles. The number of aryl methyl sites for hydroxylation is 1. The number of aliphatic imine (C=N–C) groups is 1. The lowest BCUT2D eigenvalue weighted by molar-refractivity contribution is -0.0684. The first-order chi connectivity index (χ1) is 11.2. The van der Waals surface area contributed by atoms with Gasteiger partial charge in [0.25, 0.3) is 5.92 Å². The molecule has 0 fully saturated rings. The molecule has 24 heavy (non-hydrogen) atoms. The maximum atomic E-state index is 14.7. The van der Waals surface area contributed by atoms with Gasteiger partial charge in [-0.15, -0.1) is 0 Å². The number of halogens is 4. The number of aromatic nitrogens is 1. The topological polar surface area (TPSA) is 25.2 Å². The lowest BCUT2D eigenvalue weighted by Gasteiger charge is -2.37. The molecule has 1 aliphatic rings. The molecule has 1 aliphatic heterocycles. The van der Waals surface area contributed by atoms with E-state index in [1.807, 2.05) is 0 Å². The summed E-state index contributed by atoms with van der Waals surface area (Å²) in [6.45, 7) is 3.60. The highest BCUT2D eigenvalue weighted by molar-refractivity contribution is 6.14. The number of hydrogen-bond donors (Lipinski definition) is 0. The highest BCUT2D eigenvalue weighted by Gasteiger charge is 2.52. The number of alkyl halides is 3. The molecule has 0 unspecified atom stereocenters. The molecule has 2 heterocycles. The predicted octanol–water partition coefficient (Wildman–Crippen LogP) is 4.72. The van der Waals surface area contributed by atoms with E-state index in [1.165, 1.54) is 26.1 Å². The van der Waals surface area contributed by atoms with Crippen LogP contribution in [-0.2, 0) is 12.6 Å². The molecule has 0 N–H and O–H groups in total. The summed E-state index contributed by atoms with van der Waals surface area (Å²) in [4.78, 5) is 8.24. The standard InChI is InChI=1S/C18H16F4N2/c1-10-6-11(9-23-15(10)8-19)16-13-5-4-12(20)7-14(13)18(21,22)17(2,3)24-16/h4-7,9H,8H2,1-3H3. The highest BCUT2D eigenvalue weighted by atomic mass is 19.3. The van der Waals surface area contributed by atoms with Gasteiger partial charge in [0.05, 0.1) is 11.4 Å². The fraction of sp³-hybridized carbons (Fsp3) is 0.333. The van der Waals surface area contributed by atoms with E-state index in [4.69, 9.17) is 0 Å². The third-order valence-corrected chi connectivity index (χ3v) is 4.32. The quantitative estimate of drug-likeness (QED) is 0.729. The van der Waals surface area contributed by atoms with Crippen molar-refractivity contribution in [3.8, 4) is 0 Å². The highest BCUT2D eigenvalue weighted by Crippen LogP contribution is 2.46. The van der Waals surface area contributed by atoms with Gasteiger partial charge in [0, 0.05) is 22.9 Å². The molecule has 126 valence electrons. The van der Waals surface area contributed by atoms with Crippen LogP contribution in [0.25, 0.3) is 0 Å². The smallest absolute Gasteiger partial charge is 0.271 e. The predicted molar refractivity (Wildman–Crippen MR) is 83.8 cm³/mol. The lowest BCUT2D eigenvalue weighted by Crippen LogP contribution is -2.44. The van der Waals surface area contributed by atoms with E-state index < -0.39 is 29.5 Å². The van der Waals surface area contributed by atoms with Gasteiger partial charge in [-0.25, -0.2) is 8.78 Å². The summed E-state index contributed by atoms with van der Waals surface area (Å²) in [5, 5.41) is 0. The van der Waals surface area contributed by atoms with Gasteiger partial charge in [-0.2, -0.15) is 8.78 Å². The summed E-state index contributed by atoms with van der Waals surface area (Å²) in [7, 11) is 0. The Balaban J connectivity index is 2.25. The second-order valence-corrected chi connectivity index (χ2v) is 6.40. The second kappa shape index (κ2) is 5.40. The molecule has 0 bridgehead atoms. The first kappa shape index (κ1) is 16.6. The largest absolute Gasteiger partial charge is 0.298 e. The van der Waals surface area contributed by atoms with Crippen molar-refractivity contribution in [1.82, 2.24) is 4.98 Å². The Morgan fingerprint density at radius 2 is 1.83 bits per heavy atom.